The van der Waals surface area contributed by atoms with Gasteiger partial charge in [0, 0.05) is 26.7 Å². The lowest BCUT2D eigenvalue weighted by Crippen LogP contribution is -2.42. The average Bonchev–Trinajstić information content (AvgIpc) is 3.23. The van der Waals surface area contributed by atoms with Gasteiger partial charge in [-0.05, 0) is 36.8 Å². The minimum atomic E-state index is -3.25. The highest BCUT2D eigenvalue weighted by Gasteiger charge is 2.41. The van der Waals surface area contributed by atoms with E-state index in [0.717, 1.165) is 19.0 Å². The molecule has 0 unspecified atom stereocenters. The summed E-state index contributed by atoms with van der Waals surface area (Å²) in [7, 11) is -1.47. The molecule has 1 aliphatic heterocycles. The fraction of sp³-hybridized carbons (Fsp3) is 0.611. The van der Waals surface area contributed by atoms with Gasteiger partial charge in [-0.15, -0.1) is 0 Å². The molecule has 2 fully saturated rings. The summed E-state index contributed by atoms with van der Waals surface area (Å²) < 4.78 is 24.7. The molecule has 0 atom stereocenters. The molecule has 3 rings (SSSR count). The third-order valence-electron chi connectivity index (χ3n) is 5.37. The van der Waals surface area contributed by atoms with Crippen molar-refractivity contribution in [3.05, 3.63) is 30.3 Å². The first-order chi connectivity index (χ1) is 11.5. The zero-order valence-electron chi connectivity index (χ0n) is 14.4. The fourth-order valence-electron chi connectivity index (χ4n) is 4.02. The number of rotatable bonds is 4. The van der Waals surface area contributed by atoms with E-state index < -0.39 is 9.84 Å². The van der Waals surface area contributed by atoms with Crippen molar-refractivity contribution in [3.8, 4) is 0 Å². The summed E-state index contributed by atoms with van der Waals surface area (Å²) in [6.07, 6.45) is 6.56. The lowest BCUT2D eigenvalue weighted by atomic mass is 9.86. The molecule has 1 N–H and O–H groups in total. The molecule has 1 saturated carbocycles. The molecule has 2 aliphatic rings. The Morgan fingerprint density at radius 1 is 1.21 bits per heavy atom. The van der Waals surface area contributed by atoms with E-state index in [1.807, 2.05) is 6.07 Å². The van der Waals surface area contributed by atoms with E-state index in [0.29, 0.717) is 16.9 Å². The van der Waals surface area contributed by atoms with Gasteiger partial charge in [-0.3, -0.25) is 4.99 Å². The molecule has 5 nitrogen and oxygen atoms in total. The molecule has 6 heteroatoms. The molecule has 1 spiro atoms. The van der Waals surface area contributed by atoms with Gasteiger partial charge >= 0.3 is 0 Å². The van der Waals surface area contributed by atoms with Crippen LogP contribution < -0.4 is 5.32 Å². The van der Waals surface area contributed by atoms with Crippen LogP contribution in [0.4, 0.5) is 0 Å². The Labute approximate surface area is 145 Å². The maximum Gasteiger partial charge on any atom is 0.193 e. The second-order valence-electron chi connectivity index (χ2n) is 6.98. The van der Waals surface area contributed by atoms with Crippen LogP contribution in [0, 0.1) is 5.41 Å². The van der Waals surface area contributed by atoms with Crippen molar-refractivity contribution in [2.75, 3.05) is 32.4 Å². The topological polar surface area (TPSA) is 61.8 Å². The van der Waals surface area contributed by atoms with Crippen molar-refractivity contribution < 1.29 is 8.42 Å². The first-order valence-electron chi connectivity index (χ1n) is 8.78. The molecule has 0 aromatic heterocycles. The van der Waals surface area contributed by atoms with E-state index in [1.54, 1.807) is 31.3 Å². The van der Waals surface area contributed by atoms with E-state index in [9.17, 15) is 8.42 Å². The van der Waals surface area contributed by atoms with Crippen LogP contribution in [0.1, 0.15) is 32.1 Å². The summed E-state index contributed by atoms with van der Waals surface area (Å²) in [6.45, 7) is 2.45. The molecular formula is C18H27N3O2S. The summed E-state index contributed by atoms with van der Waals surface area (Å²) in [6, 6.07) is 8.63. The van der Waals surface area contributed by atoms with Crippen LogP contribution in [0.15, 0.2) is 40.2 Å². The highest BCUT2D eigenvalue weighted by atomic mass is 32.2. The third kappa shape index (κ3) is 3.74. The van der Waals surface area contributed by atoms with Crippen molar-refractivity contribution >= 4 is 15.8 Å². The Balaban J connectivity index is 1.54. The minimum Gasteiger partial charge on any atom is -0.355 e. The van der Waals surface area contributed by atoms with Gasteiger partial charge in [0.15, 0.2) is 15.8 Å². The highest BCUT2D eigenvalue weighted by Crippen LogP contribution is 2.45. The summed E-state index contributed by atoms with van der Waals surface area (Å²) >= 11 is 0. The van der Waals surface area contributed by atoms with Gasteiger partial charge in [0.2, 0.25) is 0 Å². The molecule has 1 heterocycles. The predicted octanol–water partition coefficient (Wildman–Crippen LogP) is 2.30. The molecule has 1 saturated heterocycles. The van der Waals surface area contributed by atoms with Crippen molar-refractivity contribution in [2.24, 2.45) is 10.4 Å². The summed E-state index contributed by atoms with van der Waals surface area (Å²) in [5.74, 6) is 0.914. The van der Waals surface area contributed by atoms with Crippen molar-refractivity contribution in [3.63, 3.8) is 0 Å². The molecule has 1 aromatic rings. The number of likely N-dealkylation sites (tertiary alicyclic amines) is 1. The maximum absolute atomic E-state index is 12.3. The number of hydrogen-bond acceptors (Lipinski definition) is 3. The Morgan fingerprint density at radius 2 is 1.92 bits per heavy atom. The summed E-state index contributed by atoms with van der Waals surface area (Å²) in [4.78, 5) is 7.03. The number of benzene rings is 1. The van der Waals surface area contributed by atoms with E-state index in [-0.39, 0.29) is 5.75 Å². The van der Waals surface area contributed by atoms with E-state index in [2.05, 4.69) is 15.2 Å². The number of nitrogens with one attached hydrogen (secondary N) is 1. The van der Waals surface area contributed by atoms with Crippen LogP contribution >= 0.6 is 0 Å². The Bertz CT molecular complexity index is 679. The minimum absolute atomic E-state index is 0.0784. The Kier molecular flexibility index (Phi) is 5.13. The van der Waals surface area contributed by atoms with Gasteiger partial charge in [-0.25, -0.2) is 8.42 Å². The van der Waals surface area contributed by atoms with Crippen molar-refractivity contribution in [1.29, 1.82) is 0 Å². The normalized spacial score (nSPS) is 20.7. The quantitative estimate of drug-likeness (QED) is 0.669. The van der Waals surface area contributed by atoms with Crippen molar-refractivity contribution in [2.45, 2.75) is 37.0 Å². The molecule has 0 radical (unpaired) electrons. The average molecular weight is 350 g/mol. The van der Waals surface area contributed by atoms with Crippen LogP contribution in [0.3, 0.4) is 0 Å². The number of hydrogen-bond donors (Lipinski definition) is 1. The maximum atomic E-state index is 12.3. The number of nitrogens with zero attached hydrogens (tertiary/aromatic N) is 2. The van der Waals surface area contributed by atoms with Crippen LogP contribution in [-0.4, -0.2) is 51.7 Å². The largest absolute Gasteiger partial charge is 0.355 e. The zero-order valence-corrected chi connectivity index (χ0v) is 15.2. The van der Waals surface area contributed by atoms with Gasteiger partial charge in [0.25, 0.3) is 0 Å². The predicted molar refractivity (Wildman–Crippen MR) is 96.9 cm³/mol. The van der Waals surface area contributed by atoms with Gasteiger partial charge in [0.05, 0.1) is 10.6 Å². The Hall–Kier alpha value is -1.56. The number of aliphatic imine (C=N–C) groups is 1. The molecule has 0 bridgehead atoms. The molecule has 24 heavy (non-hydrogen) atoms. The third-order valence-corrected chi connectivity index (χ3v) is 7.10. The van der Waals surface area contributed by atoms with Crippen molar-refractivity contribution in [1.82, 2.24) is 10.2 Å². The SMILES string of the molecule is CN=C(NCCS(=O)(=O)c1ccccc1)N1CCC2(CCCC2)C1. The van der Waals surface area contributed by atoms with Gasteiger partial charge < -0.3 is 10.2 Å². The Morgan fingerprint density at radius 3 is 2.58 bits per heavy atom. The van der Waals surface area contributed by atoms with E-state index >= 15 is 0 Å². The van der Waals surface area contributed by atoms with Crippen LogP contribution in [0.2, 0.25) is 0 Å². The molecule has 1 aliphatic carbocycles. The lowest BCUT2D eigenvalue weighted by molar-refractivity contribution is 0.309. The van der Waals surface area contributed by atoms with Gasteiger partial charge in [-0.1, -0.05) is 31.0 Å². The highest BCUT2D eigenvalue weighted by molar-refractivity contribution is 7.91. The number of sulfone groups is 1. The van der Waals surface area contributed by atoms with Gasteiger partial charge in [0.1, 0.15) is 0 Å². The molecule has 132 valence electrons. The smallest absolute Gasteiger partial charge is 0.193 e. The fourth-order valence-corrected chi connectivity index (χ4v) is 5.20. The molecular weight excluding hydrogens is 322 g/mol. The lowest BCUT2D eigenvalue weighted by Gasteiger charge is -2.25. The number of guanidine groups is 1. The monoisotopic (exact) mass is 349 g/mol. The summed E-state index contributed by atoms with van der Waals surface area (Å²) in [5.41, 5.74) is 0.480. The van der Waals surface area contributed by atoms with Crippen LogP contribution in [0.25, 0.3) is 0 Å². The first kappa shape index (κ1) is 17.3. The second kappa shape index (κ2) is 7.13. The zero-order chi connectivity index (χ0) is 17.0. The summed E-state index contributed by atoms with van der Waals surface area (Å²) in [5, 5.41) is 3.24. The van der Waals surface area contributed by atoms with Gasteiger partial charge in [-0.2, -0.15) is 0 Å². The first-order valence-corrected chi connectivity index (χ1v) is 10.4. The van der Waals surface area contributed by atoms with E-state index in [4.69, 9.17) is 0 Å². The van der Waals surface area contributed by atoms with Crippen LogP contribution in [-0.2, 0) is 9.84 Å². The van der Waals surface area contributed by atoms with Crippen LogP contribution in [0.5, 0.6) is 0 Å². The molecule has 0 amide bonds. The molecule has 1 aromatic carbocycles. The second-order valence-corrected chi connectivity index (χ2v) is 9.09. The van der Waals surface area contributed by atoms with E-state index in [1.165, 1.54) is 32.1 Å². The standard InChI is InChI=1S/C18H27N3O2S/c1-19-17(21-13-11-18(15-21)9-5-6-10-18)20-12-14-24(22,23)16-7-3-2-4-8-16/h2-4,7-8H,5-6,9-15H2,1H3,(H,19,20).